The minimum absolute atomic E-state index is 0. The van der Waals surface area contributed by atoms with E-state index < -0.39 is 0 Å². The van der Waals surface area contributed by atoms with Gasteiger partial charge < -0.3 is 5.11 Å². The topological polar surface area (TPSA) is 50.2 Å². The molecule has 0 saturated carbocycles. The molecule has 229 valence electrons. The third-order valence-corrected chi connectivity index (χ3v) is 9.29. The molecular formula is C38H44IrNO2S-. The average molecular weight is 771 g/mol. The van der Waals surface area contributed by atoms with Crippen molar-refractivity contribution in [3.63, 3.8) is 0 Å². The Kier molecular flexibility index (Phi) is 12.3. The van der Waals surface area contributed by atoms with Crippen LogP contribution in [0.15, 0.2) is 78.6 Å². The van der Waals surface area contributed by atoms with Crippen LogP contribution < -0.4 is 0 Å². The van der Waals surface area contributed by atoms with Crippen LogP contribution in [0.3, 0.4) is 0 Å². The van der Waals surface area contributed by atoms with E-state index in [1.165, 1.54) is 31.8 Å². The van der Waals surface area contributed by atoms with E-state index in [9.17, 15) is 9.90 Å². The van der Waals surface area contributed by atoms with Gasteiger partial charge in [0.25, 0.3) is 0 Å². The molecule has 0 fully saturated rings. The van der Waals surface area contributed by atoms with Crippen molar-refractivity contribution in [1.29, 1.82) is 0 Å². The molecule has 1 N–H and O–H groups in total. The number of hydrogen-bond donors (Lipinski definition) is 1. The molecule has 1 radical (unpaired) electrons. The standard InChI is InChI=1S/C25H20NS.C13H24O2.Ir/c1-25(2,3)20-15-17(14-16-8-4-5-9-18(16)20)21-12-13-23-24(26-21)19-10-6-7-11-22(19)27-23;1-5-10(6-2)12(14)9-13(15)11(7-3)8-4;/h4-13,15H,1-3H3;9-11,14H,5-8H2,1-4H3;/q-1;;/b;12-9-;. The Morgan fingerprint density at radius 2 is 1.47 bits per heavy atom. The van der Waals surface area contributed by atoms with Crippen molar-refractivity contribution in [3.8, 4) is 11.3 Å². The predicted molar refractivity (Wildman–Crippen MR) is 181 cm³/mol. The van der Waals surface area contributed by atoms with Gasteiger partial charge >= 0.3 is 0 Å². The van der Waals surface area contributed by atoms with Gasteiger partial charge in [-0.15, -0.1) is 40.5 Å². The second kappa shape index (κ2) is 15.2. The van der Waals surface area contributed by atoms with E-state index in [2.05, 4.69) is 93.6 Å². The molecule has 0 spiro atoms. The molecule has 0 aliphatic carbocycles. The maximum absolute atomic E-state index is 11.7. The number of nitrogens with zero attached hydrogens (tertiary/aromatic N) is 1. The minimum Gasteiger partial charge on any atom is -0.512 e. The van der Waals surface area contributed by atoms with Crippen LogP contribution in [0.4, 0.5) is 0 Å². The van der Waals surface area contributed by atoms with Gasteiger partial charge in [0.2, 0.25) is 0 Å². The number of aliphatic hydroxyl groups excluding tert-OH is 1. The molecule has 0 saturated heterocycles. The largest absolute Gasteiger partial charge is 0.512 e. The zero-order valence-electron chi connectivity index (χ0n) is 26.5. The molecule has 0 bridgehead atoms. The van der Waals surface area contributed by atoms with Gasteiger partial charge in [0, 0.05) is 53.8 Å². The smallest absolute Gasteiger partial charge is 0.162 e. The molecule has 5 heteroatoms. The van der Waals surface area contributed by atoms with Crippen LogP contribution in [0, 0.1) is 17.9 Å². The number of fused-ring (bicyclic) bond motifs is 4. The van der Waals surface area contributed by atoms with Crippen LogP contribution in [-0.4, -0.2) is 15.9 Å². The molecule has 0 atom stereocenters. The van der Waals surface area contributed by atoms with Gasteiger partial charge in [0.05, 0.1) is 16.0 Å². The van der Waals surface area contributed by atoms with Gasteiger partial charge in [-0.3, -0.25) is 9.78 Å². The molecule has 3 aromatic carbocycles. The number of hydrogen-bond acceptors (Lipinski definition) is 4. The van der Waals surface area contributed by atoms with Gasteiger partial charge in [0.1, 0.15) is 0 Å². The Hall–Kier alpha value is -2.85. The first-order valence-electron chi connectivity index (χ1n) is 15.3. The first-order chi connectivity index (χ1) is 20.1. The van der Waals surface area contributed by atoms with Gasteiger partial charge in [-0.05, 0) is 43.2 Å². The summed E-state index contributed by atoms with van der Waals surface area (Å²) in [5.41, 5.74) is 4.54. The Bertz CT molecular complexity index is 1700. The monoisotopic (exact) mass is 771 g/mol. The molecular weight excluding hydrogens is 727 g/mol. The van der Waals surface area contributed by atoms with Crippen LogP contribution in [-0.2, 0) is 30.3 Å². The molecule has 43 heavy (non-hydrogen) atoms. The van der Waals surface area contributed by atoms with Crippen molar-refractivity contribution in [1.82, 2.24) is 4.98 Å². The number of benzene rings is 3. The van der Waals surface area contributed by atoms with Crippen LogP contribution >= 0.6 is 11.3 Å². The van der Waals surface area contributed by atoms with Gasteiger partial charge in [-0.1, -0.05) is 102 Å². The van der Waals surface area contributed by atoms with Gasteiger partial charge in [-0.25, -0.2) is 0 Å². The molecule has 5 aromatic rings. The quantitative estimate of drug-likeness (QED) is 0.0971. The molecule has 2 heterocycles. The minimum atomic E-state index is 0. The number of rotatable bonds is 8. The van der Waals surface area contributed by atoms with E-state index >= 15 is 0 Å². The van der Waals surface area contributed by atoms with E-state index in [0.717, 1.165) is 47.8 Å². The summed E-state index contributed by atoms with van der Waals surface area (Å²) >= 11 is 1.80. The summed E-state index contributed by atoms with van der Waals surface area (Å²) in [6, 6.07) is 27.2. The SMILES string of the molecule is CC(C)(C)c1cc(-c2ccc3sc4ccccc4c3n2)[c-]c2ccccc12.CCC(CC)C(=O)/C=C(\O)C(CC)CC.[Ir]. The number of allylic oxidation sites excluding steroid dienone is 2. The Balaban J connectivity index is 0.000000274. The first-order valence-corrected chi connectivity index (χ1v) is 16.1. The number of pyridine rings is 1. The van der Waals surface area contributed by atoms with E-state index in [-0.39, 0.29) is 48.9 Å². The van der Waals surface area contributed by atoms with Crippen molar-refractivity contribution >= 4 is 48.2 Å². The maximum atomic E-state index is 11.7. The summed E-state index contributed by atoms with van der Waals surface area (Å²) in [5.74, 6) is 0.547. The summed E-state index contributed by atoms with van der Waals surface area (Å²) in [5, 5.41) is 13.4. The van der Waals surface area contributed by atoms with Crippen molar-refractivity contribution in [3.05, 3.63) is 90.2 Å². The first kappa shape index (κ1) is 34.6. The van der Waals surface area contributed by atoms with E-state index in [1.807, 2.05) is 27.7 Å². The summed E-state index contributed by atoms with van der Waals surface area (Å²) in [4.78, 5) is 16.8. The molecule has 0 unspecified atom stereocenters. The Morgan fingerprint density at radius 1 is 0.860 bits per heavy atom. The van der Waals surface area contributed by atoms with E-state index in [1.54, 1.807) is 11.3 Å². The molecule has 0 aliphatic heterocycles. The molecule has 3 nitrogen and oxygen atoms in total. The summed E-state index contributed by atoms with van der Waals surface area (Å²) in [6.07, 6.45) is 4.91. The fourth-order valence-corrected chi connectivity index (χ4v) is 6.56. The van der Waals surface area contributed by atoms with Gasteiger partial charge in [-0.2, -0.15) is 0 Å². The zero-order valence-corrected chi connectivity index (χ0v) is 29.7. The number of carbonyl (C=O) groups excluding carboxylic acids is 1. The third kappa shape index (κ3) is 8.01. The maximum Gasteiger partial charge on any atom is 0.162 e. The predicted octanol–water partition coefficient (Wildman–Crippen LogP) is 11.2. The van der Waals surface area contributed by atoms with Crippen LogP contribution in [0.25, 0.3) is 42.3 Å². The van der Waals surface area contributed by atoms with E-state index in [0.29, 0.717) is 0 Å². The molecule has 0 aliphatic rings. The zero-order chi connectivity index (χ0) is 30.4. The average Bonchev–Trinajstić information content (AvgIpc) is 3.35. The number of aliphatic hydroxyl groups is 1. The van der Waals surface area contributed by atoms with E-state index in [4.69, 9.17) is 4.98 Å². The second-order valence-electron chi connectivity index (χ2n) is 12.0. The van der Waals surface area contributed by atoms with Crippen molar-refractivity contribution in [2.24, 2.45) is 11.8 Å². The van der Waals surface area contributed by atoms with Crippen molar-refractivity contribution in [2.45, 2.75) is 79.6 Å². The molecule has 2 aromatic heterocycles. The number of thiophene rings is 1. The van der Waals surface area contributed by atoms with Crippen molar-refractivity contribution in [2.75, 3.05) is 0 Å². The number of carbonyl (C=O) groups is 1. The van der Waals surface area contributed by atoms with Crippen LogP contribution in [0.5, 0.6) is 0 Å². The summed E-state index contributed by atoms with van der Waals surface area (Å²) < 4.78 is 2.52. The fraction of sp³-hybridized carbons (Fsp3) is 0.368. The summed E-state index contributed by atoms with van der Waals surface area (Å²) in [6.45, 7) is 14.9. The summed E-state index contributed by atoms with van der Waals surface area (Å²) in [7, 11) is 0. The molecule has 5 rings (SSSR count). The normalized spacial score (nSPS) is 12.1. The number of ketones is 1. The fourth-order valence-electron chi connectivity index (χ4n) is 5.51. The molecule has 0 amide bonds. The van der Waals surface area contributed by atoms with Gasteiger partial charge in [0.15, 0.2) is 5.78 Å². The Morgan fingerprint density at radius 3 is 2.09 bits per heavy atom. The van der Waals surface area contributed by atoms with Crippen LogP contribution in [0.1, 0.15) is 79.7 Å². The second-order valence-corrected chi connectivity index (χ2v) is 13.1. The third-order valence-electron chi connectivity index (χ3n) is 8.16. The van der Waals surface area contributed by atoms with Crippen molar-refractivity contribution < 1.29 is 30.0 Å². The van der Waals surface area contributed by atoms with Crippen LogP contribution in [0.2, 0.25) is 0 Å². The Labute approximate surface area is 274 Å². The number of aromatic nitrogens is 1.